The standard InChI is InChI=1S/C12H12O4/c1-9(13)3-8-12(14)16-11-6-4-10(15-2)5-7-11/h3-8H,1-2H3. The SMILES string of the molecule is COc1ccc(OC(=O)C=CC(C)=O)cc1. The number of ether oxygens (including phenoxy) is 2. The predicted octanol–water partition coefficient (Wildman–Crippen LogP) is 1.75. The van der Waals surface area contributed by atoms with E-state index in [1.165, 1.54) is 6.92 Å². The van der Waals surface area contributed by atoms with E-state index in [4.69, 9.17) is 9.47 Å². The maximum absolute atomic E-state index is 11.2. The van der Waals surface area contributed by atoms with Crippen LogP contribution in [0.5, 0.6) is 11.5 Å². The fourth-order valence-corrected chi connectivity index (χ4v) is 0.979. The molecule has 4 heteroatoms. The van der Waals surface area contributed by atoms with Crippen LogP contribution in [0.4, 0.5) is 0 Å². The molecule has 0 heterocycles. The molecular formula is C12H12O4. The molecule has 0 aromatic heterocycles. The van der Waals surface area contributed by atoms with Gasteiger partial charge in [0.1, 0.15) is 11.5 Å². The van der Waals surface area contributed by atoms with Gasteiger partial charge in [-0.05, 0) is 37.3 Å². The summed E-state index contributed by atoms with van der Waals surface area (Å²) in [5.41, 5.74) is 0. The van der Waals surface area contributed by atoms with Gasteiger partial charge in [-0.3, -0.25) is 4.79 Å². The number of benzene rings is 1. The van der Waals surface area contributed by atoms with E-state index >= 15 is 0 Å². The summed E-state index contributed by atoms with van der Waals surface area (Å²) in [6, 6.07) is 6.57. The lowest BCUT2D eigenvalue weighted by Crippen LogP contribution is -2.04. The van der Waals surface area contributed by atoms with E-state index in [9.17, 15) is 9.59 Å². The number of allylic oxidation sites excluding steroid dienone is 1. The van der Waals surface area contributed by atoms with Gasteiger partial charge in [0.2, 0.25) is 0 Å². The molecule has 1 aromatic carbocycles. The fraction of sp³-hybridized carbons (Fsp3) is 0.167. The molecule has 84 valence electrons. The van der Waals surface area contributed by atoms with Crippen LogP contribution in [0.1, 0.15) is 6.92 Å². The molecule has 0 N–H and O–H groups in total. The fourth-order valence-electron chi connectivity index (χ4n) is 0.979. The second-order valence-electron chi connectivity index (χ2n) is 3.04. The highest BCUT2D eigenvalue weighted by molar-refractivity contribution is 5.95. The highest BCUT2D eigenvalue weighted by Gasteiger charge is 2.00. The Hall–Kier alpha value is -2.10. The van der Waals surface area contributed by atoms with E-state index in [1.54, 1.807) is 31.4 Å². The first-order valence-electron chi connectivity index (χ1n) is 4.66. The van der Waals surface area contributed by atoms with Crippen LogP contribution in [-0.2, 0) is 9.59 Å². The summed E-state index contributed by atoms with van der Waals surface area (Å²) in [5.74, 6) is 0.296. The van der Waals surface area contributed by atoms with E-state index in [2.05, 4.69) is 0 Å². The molecule has 0 atom stereocenters. The molecule has 0 aliphatic carbocycles. The highest BCUT2D eigenvalue weighted by Crippen LogP contribution is 2.17. The Morgan fingerprint density at radius 2 is 1.62 bits per heavy atom. The lowest BCUT2D eigenvalue weighted by atomic mass is 10.3. The van der Waals surface area contributed by atoms with Crippen molar-refractivity contribution in [3.05, 3.63) is 36.4 Å². The van der Waals surface area contributed by atoms with Crippen molar-refractivity contribution in [2.45, 2.75) is 6.92 Å². The monoisotopic (exact) mass is 220 g/mol. The van der Waals surface area contributed by atoms with Crippen molar-refractivity contribution >= 4 is 11.8 Å². The van der Waals surface area contributed by atoms with Gasteiger partial charge in [-0.25, -0.2) is 4.79 Å². The third kappa shape index (κ3) is 3.96. The van der Waals surface area contributed by atoms with Gasteiger partial charge < -0.3 is 9.47 Å². The zero-order valence-electron chi connectivity index (χ0n) is 9.10. The van der Waals surface area contributed by atoms with Crippen LogP contribution in [0, 0.1) is 0 Å². The Bertz CT molecular complexity index is 404. The van der Waals surface area contributed by atoms with Crippen LogP contribution >= 0.6 is 0 Å². The van der Waals surface area contributed by atoms with Crippen molar-refractivity contribution in [2.24, 2.45) is 0 Å². The Labute approximate surface area is 93.5 Å². The lowest BCUT2D eigenvalue weighted by molar-refractivity contribution is -0.129. The summed E-state index contributed by atoms with van der Waals surface area (Å²) in [6.07, 6.45) is 2.25. The first-order valence-corrected chi connectivity index (χ1v) is 4.66. The van der Waals surface area contributed by atoms with Gasteiger partial charge in [0.05, 0.1) is 7.11 Å². The molecule has 0 bridgehead atoms. The van der Waals surface area contributed by atoms with Crippen molar-refractivity contribution < 1.29 is 19.1 Å². The van der Waals surface area contributed by atoms with Crippen molar-refractivity contribution in [1.82, 2.24) is 0 Å². The Morgan fingerprint density at radius 3 is 2.12 bits per heavy atom. The van der Waals surface area contributed by atoms with Crippen molar-refractivity contribution in [2.75, 3.05) is 7.11 Å². The van der Waals surface area contributed by atoms with Crippen LogP contribution in [0.25, 0.3) is 0 Å². The molecule has 4 nitrogen and oxygen atoms in total. The molecular weight excluding hydrogens is 208 g/mol. The molecule has 0 amide bonds. The van der Waals surface area contributed by atoms with Gasteiger partial charge in [0.15, 0.2) is 5.78 Å². The number of hydrogen-bond donors (Lipinski definition) is 0. The largest absolute Gasteiger partial charge is 0.497 e. The molecule has 0 saturated heterocycles. The minimum Gasteiger partial charge on any atom is -0.497 e. The quantitative estimate of drug-likeness (QED) is 0.440. The third-order valence-electron chi connectivity index (χ3n) is 1.73. The van der Waals surface area contributed by atoms with Gasteiger partial charge in [-0.15, -0.1) is 0 Å². The molecule has 0 aliphatic rings. The zero-order chi connectivity index (χ0) is 12.0. The topological polar surface area (TPSA) is 52.6 Å². The van der Waals surface area contributed by atoms with Gasteiger partial charge in [0.25, 0.3) is 0 Å². The predicted molar refractivity (Wildman–Crippen MR) is 58.5 cm³/mol. The van der Waals surface area contributed by atoms with Crippen molar-refractivity contribution in [3.8, 4) is 11.5 Å². The smallest absolute Gasteiger partial charge is 0.336 e. The van der Waals surface area contributed by atoms with Crippen LogP contribution in [0.2, 0.25) is 0 Å². The molecule has 16 heavy (non-hydrogen) atoms. The van der Waals surface area contributed by atoms with Crippen molar-refractivity contribution in [3.63, 3.8) is 0 Å². The minimum atomic E-state index is -0.583. The molecule has 0 aliphatic heterocycles. The third-order valence-corrected chi connectivity index (χ3v) is 1.73. The number of carbonyl (C=O) groups excluding carboxylic acids is 2. The number of esters is 1. The van der Waals surface area contributed by atoms with E-state index in [-0.39, 0.29) is 5.78 Å². The van der Waals surface area contributed by atoms with E-state index in [1.807, 2.05) is 0 Å². The zero-order valence-corrected chi connectivity index (χ0v) is 9.10. The molecule has 0 saturated carbocycles. The molecule has 1 rings (SSSR count). The Balaban J connectivity index is 2.59. The first kappa shape index (κ1) is 12.0. The van der Waals surface area contributed by atoms with E-state index in [0.717, 1.165) is 12.2 Å². The van der Waals surface area contributed by atoms with Crippen LogP contribution in [0.3, 0.4) is 0 Å². The number of rotatable bonds is 4. The van der Waals surface area contributed by atoms with E-state index < -0.39 is 5.97 Å². The maximum atomic E-state index is 11.2. The molecule has 1 aromatic rings. The highest BCUT2D eigenvalue weighted by atomic mass is 16.5. The van der Waals surface area contributed by atoms with Crippen LogP contribution in [0.15, 0.2) is 36.4 Å². The summed E-state index contributed by atoms with van der Waals surface area (Å²) >= 11 is 0. The van der Waals surface area contributed by atoms with Crippen LogP contribution < -0.4 is 9.47 Å². The Kier molecular flexibility index (Phi) is 4.27. The Morgan fingerprint density at radius 1 is 1.06 bits per heavy atom. The summed E-state index contributed by atoms with van der Waals surface area (Å²) in [7, 11) is 1.55. The molecule has 0 radical (unpaired) electrons. The molecule has 0 spiro atoms. The average Bonchev–Trinajstić information content (AvgIpc) is 2.27. The van der Waals surface area contributed by atoms with Crippen LogP contribution in [-0.4, -0.2) is 18.9 Å². The normalized spacial score (nSPS) is 10.1. The minimum absolute atomic E-state index is 0.202. The number of carbonyl (C=O) groups is 2. The molecule has 0 fully saturated rings. The second-order valence-corrected chi connectivity index (χ2v) is 3.04. The first-order chi connectivity index (χ1) is 7.61. The second kappa shape index (κ2) is 5.70. The molecule has 0 unspecified atom stereocenters. The summed E-state index contributed by atoms with van der Waals surface area (Å²) in [4.78, 5) is 21.8. The van der Waals surface area contributed by atoms with Gasteiger partial charge in [-0.2, -0.15) is 0 Å². The lowest BCUT2D eigenvalue weighted by Gasteiger charge is -2.02. The summed E-state index contributed by atoms with van der Waals surface area (Å²) in [6.45, 7) is 1.36. The number of hydrogen-bond acceptors (Lipinski definition) is 4. The summed E-state index contributed by atoms with van der Waals surface area (Å²) in [5, 5.41) is 0. The number of methoxy groups -OCH3 is 1. The summed E-state index contributed by atoms with van der Waals surface area (Å²) < 4.78 is 9.88. The van der Waals surface area contributed by atoms with Gasteiger partial charge in [-0.1, -0.05) is 0 Å². The average molecular weight is 220 g/mol. The van der Waals surface area contributed by atoms with Crippen molar-refractivity contribution in [1.29, 1.82) is 0 Å². The van der Waals surface area contributed by atoms with Gasteiger partial charge in [0, 0.05) is 6.08 Å². The van der Waals surface area contributed by atoms with E-state index in [0.29, 0.717) is 11.5 Å². The number of ketones is 1. The van der Waals surface area contributed by atoms with Gasteiger partial charge >= 0.3 is 5.97 Å². The maximum Gasteiger partial charge on any atom is 0.336 e.